The Hall–Kier alpha value is -2.58. The van der Waals surface area contributed by atoms with E-state index in [2.05, 4.69) is 15.7 Å². The Morgan fingerprint density at radius 3 is 2.55 bits per heavy atom. The maximum atomic E-state index is 13.2. The van der Waals surface area contributed by atoms with Crippen molar-refractivity contribution in [1.82, 2.24) is 9.62 Å². The molecule has 1 heterocycles. The molecular weight excluding hydrogens is 414 g/mol. The minimum atomic E-state index is -3.75. The zero-order valence-electron chi connectivity index (χ0n) is 18.0. The van der Waals surface area contributed by atoms with Gasteiger partial charge in [0.1, 0.15) is 10.6 Å². The van der Waals surface area contributed by atoms with Gasteiger partial charge in [0.05, 0.1) is 7.11 Å². The Morgan fingerprint density at radius 1 is 1.16 bits per heavy atom. The summed E-state index contributed by atoms with van der Waals surface area (Å²) in [6.07, 6.45) is 4.03. The molecule has 1 N–H and O–H groups in total. The number of carbonyl (C=O) groups is 1. The quantitative estimate of drug-likeness (QED) is 0.679. The van der Waals surface area contributed by atoms with Crippen LogP contribution < -0.4 is 14.4 Å². The fraction of sp³-hybridized carbons (Fsp3) is 0.435. The van der Waals surface area contributed by atoms with Crippen molar-refractivity contribution in [2.45, 2.75) is 43.2 Å². The van der Waals surface area contributed by atoms with E-state index in [-0.39, 0.29) is 22.6 Å². The first-order valence-corrected chi connectivity index (χ1v) is 12.2. The van der Waals surface area contributed by atoms with E-state index in [1.807, 2.05) is 18.2 Å². The Bertz CT molecular complexity index is 1060. The molecule has 0 unspecified atom stereocenters. The first-order valence-electron chi connectivity index (χ1n) is 10.7. The third-order valence-corrected chi connectivity index (χ3v) is 7.33. The summed E-state index contributed by atoms with van der Waals surface area (Å²) in [6.45, 7) is 2.50. The average Bonchev–Trinajstić information content (AvgIpc) is 3.40. The summed E-state index contributed by atoms with van der Waals surface area (Å²) in [4.78, 5) is 17.1. The number of benzene rings is 2. The van der Waals surface area contributed by atoms with Crippen LogP contribution in [0.5, 0.6) is 5.75 Å². The van der Waals surface area contributed by atoms with Crippen LogP contribution in [0, 0.1) is 0 Å². The molecule has 1 aliphatic heterocycles. The zero-order valence-corrected chi connectivity index (χ0v) is 18.8. The highest BCUT2D eigenvalue weighted by Crippen LogP contribution is 2.29. The van der Waals surface area contributed by atoms with E-state index in [4.69, 9.17) is 4.74 Å². The number of carbonyl (C=O) groups excluding carboxylic acids is 1. The minimum absolute atomic E-state index is 0.00128. The van der Waals surface area contributed by atoms with E-state index < -0.39 is 10.0 Å². The monoisotopic (exact) mass is 443 g/mol. The van der Waals surface area contributed by atoms with Crippen molar-refractivity contribution in [3.05, 3.63) is 53.6 Å². The van der Waals surface area contributed by atoms with Gasteiger partial charge in [-0.3, -0.25) is 4.79 Å². The molecular formula is C23H29N3O4S. The van der Waals surface area contributed by atoms with Crippen molar-refractivity contribution in [2.24, 2.45) is 0 Å². The van der Waals surface area contributed by atoms with Crippen LogP contribution in [-0.2, 0) is 16.6 Å². The summed E-state index contributed by atoms with van der Waals surface area (Å²) < 4.78 is 33.4. The van der Waals surface area contributed by atoms with Gasteiger partial charge in [-0.05, 0) is 55.5 Å². The molecule has 8 heteroatoms. The Morgan fingerprint density at radius 2 is 1.87 bits per heavy atom. The molecule has 2 aromatic rings. The lowest BCUT2D eigenvalue weighted by molar-refractivity contribution is 0.0785. The van der Waals surface area contributed by atoms with Crippen molar-refractivity contribution in [3.8, 4) is 5.75 Å². The first-order chi connectivity index (χ1) is 14.9. The molecule has 2 aromatic carbocycles. The van der Waals surface area contributed by atoms with Gasteiger partial charge in [-0.15, -0.1) is 0 Å². The van der Waals surface area contributed by atoms with E-state index in [1.165, 1.54) is 26.0 Å². The third-order valence-electron chi connectivity index (χ3n) is 5.79. The lowest BCUT2D eigenvalue weighted by Gasteiger charge is -2.24. The number of ether oxygens (including phenoxy) is 1. The van der Waals surface area contributed by atoms with E-state index in [9.17, 15) is 13.2 Å². The zero-order chi connectivity index (χ0) is 22.0. The maximum Gasteiger partial charge on any atom is 0.253 e. The van der Waals surface area contributed by atoms with Gasteiger partial charge in [-0.1, -0.05) is 18.2 Å². The van der Waals surface area contributed by atoms with Gasteiger partial charge in [0.15, 0.2) is 0 Å². The number of sulfonamides is 1. The highest BCUT2D eigenvalue weighted by Gasteiger charge is 2.30. The molecule has 0 bridgehead atoms. The number of hydrogen-bond donors (Lipinski definition) is 1. The van der Waals surface area contributed by atoms with Gasteiger partial charge in [-0.2, -0.15) is 0 Å². The van der Waals surface area contributed by atoms with Crippen molar-refractivity contribution in [1.29, 1.82) is 0 Å². The standard InChI is InChI=1S/C23H29N3O4S/c1-25(16-18-7-3-4-8-20(18)26-13-5-6-14-26)23(27)17-9-12-21(30-2)22(15-17)31(28,29)24-19-10-11-19/h3-4,7-9,12,15,19,24H,5-6,10-11,13-14,16H2,1-2H3. The third kappa shape index (κ3) is 4.85. The molecule has 4 rings (SSSR count). The number of anilines is 1. The molecule has 1 saturated carbocycles. The normalized spacial score (nSPS) is 16.4. The van der Waals surface area contributed by atoms with Crippen LogP contribution >= 0.6 is 0 Å². The van der Waals surface area contributed by atoms with Gasteiger partial charge in [0.2, 0.25) is 10.0 Å². The van der Waals surface area contributed by atoms with E-state index in [1.54, 1.807) is 24.1 Å². The molecule has 31 heavy (non-hydrogen) atoms. The number of methoxy groups -OCH3 is 1. The fourth-order valence-corrected chi connectivity index (χ4v) is 5.46. The number of nitrogens with one attached hydrogen (secondary N) is 1. The van der Waals surface area contributed by atoms with Crippen molar-refractivity contribution >= 4 is 21.6 Å². The van der Waals surface area contributed by atoms with Crippen LogP contribution in [-0.4, -0.2) is 52.5 Å². The molecule has 0 radical (unpaired) electrons. The van der Waals surface area contributed by atoms with Crippen LogP contribution in [0.25, 0.3) is 0 Å². The highest BCUT2D eigenvalue weighted by atomic mass is 32.2. The summed E-state index contributed by atoms with van der Waals surface area (Å²) >= 11 is 0. The number of rotatable bonds is 8. The number of amides is 1. The van der Waals surface area contributed by atoms with Gasteiger partial charge in [0.25, 0.3) is 5.91 Å². The van der Waals surface area contributed by atoms with Crippen LogP contribution in [0.1, 0.15) is 41.6 Å². The topological polar surface area (TPSA) is 79.0 Å². The predicted octanol–water partition coefficient (Wildman–Crippen LogP) is 3.01. The summed E-state index contributed by atoms with van der Waals surface area (Å²) in [5.41, 5.74) is 2.56. The fourth-order valence-electron chi connectivity index (χ4n) is 3.96. The molecule has 7 nitrogen and oxygen atoms in total. The number of hydrogen-bond acceptors (Lipinski definition) is 5. The largest absolute Gasteiger partial charge is 0.495 e. The molecule has 1 saturated heterocycles. The highest BCUT2D eigenvalue weighted by molar-refractivity contribution is 7.89. The number of para-hydroxylation sites is 1. The summed E-state index contributed by atoms with van der Waals surface area (Å²) in [5, 5.41) is 0. The molecule has 1 aliphatic carbocycles. The van der Waals surface area contributed by atoms with Crippen LogP contribution in [0.2, 0.25) is 0 Å². The first kappa shape index (κ1) is 21.6. The predicted molar refractivity (Wildman–Crippen MR) is 120 cm³/mol. The summed E-state index contributed by atoms with van der Waals surface area (Å²) in [5.74, 6) is -0.00604. The lowest BCUT2D eigenvalue weighted by atomic mass is 10.1. The second kappa shape index (κ2) is 8.88. The van der Waals surface area contributed by atoms with Gasteiger partial charge >= 0.3 is 0 Å². The molecule has 0 spiro atoms. The molecule has 0 atom stereocenters. The molecule has 1 amide bonds. The Labute approximate surface area is 184 Å². The Kier molecular flexibility index (Phi) is 6.20. The van der Waals surface area contributed by atoms with Crippen LogP contribution in [0.15, 0.2) is 47.4 Å². The van der Waals surface area contributed by atoms with Crippen molar-refractivity contribution < 1.29 is 17.9 Å². The summed E-state index contributed by atoms with van der Waals surface area (Å²) in [6, 6.07) is 12.7. The smallest absolute Gasteiger partial charge is 0.253 e. The van der Waals surface area contributed by atoms with Crippen LogP contribution in [0.3, 0.4) is 0 Å². The minimum Gasteiger partial charge on any atom is -0.495 e. The molecule has 2 fully saturated rings. The van der Waals surface area contributed by atoms with E-state index in [0.29, 0.717) is 12.1 Å². The maximum absolute atomic E-state index is 13.2. The lowest BCUT2D eigenvalue weighted by Crippen LogP contribution is -2.29. The number of nitrogens with zero attached hydrogens (tertiary/aromatic N) is 2. The molecule has 0 aromatic heterocycles. The van der Waals surface area contributed by atoms with Gasteiger partial charge < -0.3 is 14.5 Å². The summed E-state index contributed by atoms with van der Waals surface area (Å²) in [7, 11) is -0.586. The molecule has 166 valence electrons. The average molecular weight is 444 g/mol. The Balaban J connectivity index is 1.56. The van der Waals surface area contributed by atoms with Gasteiger partial charge in [0, 0.05) is 44.0 Å². The van der Waals surface area contributed by atoms with Gasteiger partial charge in [-0.25, -0.2) is 13.1 Å². The second-order valence-electron chi connectivity index (χ2n) is 8.25. The molecule has 2 aliphatic rings. The van der Waals surface area contributed by atoms with E-state index >= 15 is 0 Å². The van der Waals surface area contributed by atoms with Crippen molar-refractivity contribution in [2.75, 3.05) is 32.1 Å². The van der Waals surface area contributed by atoms with Crippen LogP contribution in [0.4, 0.5) is 5.69 Å². The van der Waals surface area contributed by atoms with E-state index in [0.717, 1.165) is 37.2 Å². The second-order valence-corrected chi connectivity index (χ2v) is 9.93. The van der Waals surface area contributed by atoms with Crippen molar-refractivity contribution in [3.63, 3.8) is 0 Å². The SMILES string of the molecule is COc1ccc(C(=O)N(C)Cc2ccccc2N2CCCC2)cc1S(=O)(=O)NC1CC1.